The molecule has 1 aromatic rings. The van der Waals surface area contributed by atoms with Crippen LogP contribution in [0.25, 0.3) is 5.57 Å². The molecule has 252 valence electrons. The summed E-state index contributed by atoms with van der Waals surface area (Å²) < 4.78 is 79.9. The number of carbonyl (C=O) groups is 3. The summed E-state index contributed by atoms with van der Waals surface area (Å²) in [6.45, 7) is 6.36. The molecule has 1 saturated carbocycles. The second kappa shape index (κ2) is 13.8. The minimum atomic E-state index is -5.10. The Kier molecular flexibility index (Phi) is 10.5. The number of nitrogens with one attached hydrogen (secondary N) is 2. The summed E-state index contributed by atoms with van der Waals surface area (Å²) >= 11 is 0. The minimum absolute atomic E-state index is 0.0544. The summed E-state index contributed by atoms with van der Waals surface area (Å²) in [6, 6.07) is 0.923. The molecule has 2 atom stereocenters. The van der Waals surface area contributed by atoms with Crippen LogP contribution >= 0.6 is 0 Å². The molecule has 1 saturated heterocycles. The maximum atomic E-state index is 16.7. The third kappa shape index (κ3) is 7.37. The third-order valence-corrected chi connectivity index (χ3v) is 8.98. The second-order valence-corrected chi connectivity index (χ2v) is 12.3. The number of ether oxygens (including phenoxy) is 1. The fourth-order valence-corrected chi connectivity index (χ4v) is 6.00. The molecular weight excluding hydrogens is 613 g/mol. The van der Waals surface area contributed by atoms with E-state index in [9.17, 15) is 27.6 Å². The van der Waals surface area contributed by atoms with Crippen LogP contribution in [-0.4, -0.2) is 92.2 Å². The Balaban J connectivity index is 1.77. The fraction of sp³-hybridized carbons (Fsp3) is 0.531. The molecule has 2 heterocycles. The number of likely N-dealkylation sites (N-methyl/N-ethyl adjacent to an activating group) is 1. The maximum absolute atomic E-state index is 16.7. The number of hydrogen-bond acceptors (Lipinski definition) is 7. The van der Waals surface area contributed by atoms with E-state index in [1.165, 1.54) is 11.9 Å². The van der Waals surface area contributed by atoms with Gasteiger partial charge in [0.25, 0.3) is 5.91 Å². The highest BCUT2D eigenvalue weighted by Crippen LogP contribution is 2.40. The predicted molar refractivity (Wildman–Crippen MR) is 164 cm³/mol. The molecule has 0 aromatic heterocycles. The molecule has 3 aliphatic rings. The van der Waals surface area contributed by atoms with Crippen LogP contribution in [0.2, 0.25) is 0 Å². The van der Waals surface area contributed by atoms with Crippen molar-refractivity contribution in [1.29, 1.82) is 0 Å². The first-order valence-corrected chi connectivity index (χ1v) is 15.2. The van der Waals surface area contributed by atoms with Crippen molar-refractivity contribution in [2.75, 3.05) is 50.5 Å². The van der Waals surface area contributed by atoms with E-state index in [1.54, 1.807) is 11.0 Å². The van der Waals surface area contributed by atoms with Crippen LogP contribution in [0.5, 0.6) is 0 Å². The number of anilines is 2. The number of amides is 2. The number of hydrogen-bond donors (Lipinski definition) is 2. The summed E-state index contributed by atoms with van der Waals surface area (Å²) in [6.07, 6.45) is -0.643. The van der Waals surface area contributed by atoms with Gasteiger partial charge in [0.2, 0.25) is 0 Å². The van der Waals surface area contributed by atoms with Crippen molar-refractivity contribution in [2.45, 2.75) is 70.3 Å². The van der Waals surface area contributed by atoms with Crippen molar-refractivity contribution in [1.82, 2.24) is 15.1 Å². The maximum Gasteiger partial charge on any atom is 0.417 e. The summed E-state index contributed by atoms with van der Waals surface area (Å²) in [5.74, 6) is -3.53. The Morgan fingerprint density at radius 3 is 2.33 bits per heavy atom. The lowest BCUT2D eigenvalue weighted by atomic mass is 9.82. The van der Waals surface area contributed by atoms with E-state index in [1.807, 2.05) is 27.8 Å². The standard InChI is InChI=1S/C32H40F5N5O4/c1-19-16-42(17-20(2)40(19)5)25-14-24(33)26(21-8-6-12-41(18-21)30(45)46-31(3)10-7-11-31)27(34)28(25)39-29(44)22(15-38-4)23(9-13-43)32(35,36)37/h8-9,13-15,19-20,38H,6-7,10-12,16-18H2,1-5H3,(H,39,44)/b22-15+,23-9+. The molecular formula is C32H40F5N5O4. The Hall–Kier alpha value is -3.94. The lowest BCUT2D eigenvalue weighted by Gasteiger charge is -2.44. The van der Waals surface area contributed by atoms with E-state index in [-0.39, 0.29) is 55.2 Å². The number of carbonyl (C=O) groups excluding carboxylic acids is 3. The van der Waals surface area contributed by atoms with E-state index >= 15 is 8.78 Å². The Morgan fingerprint density at radius 1 is 1.13 bits per heavy atom. The van der Waals surface area contributed by atoms with Gasteiger partial charge in [-0.25, -0.2) is 13.6 Å². The molecule has 4 rings (SSSR count). The molecule has 2 aliphatic heterocycles. The van der Waals surface area contributed by atoms with Crippen LogP contribution in [0.15, 0.2) is 35.6 Å². The van der Waals surface area contributed by atoms with Crippen LogP contribution in [0, 0.1) is 11.6 Å². The molecule has 2 unspecified atom stereocenters. The lowest BCUT2D eigenvalue weighted by molar-refractivity contribution is -0.115. The highest BCUT2D eigenvalue weighted by atomic mass is 19.4. The molecule has 9 nitrogen and oxygen atoms in total. The third-order valence-electron chi connectivity index (χ3n) is 8.98. The zero-order chi connectivity index (χ0) is 34.0. The van der Waals surface area contributed by atoms with Crippen LogP contribution in [0.4, 0.5) is 38.1 Å². The number of nitrogens with zero attached hydrogens (tertiary/aromatic N) is 3. The first-order valence-electron chi connectivity index (χ1n) is 15.2. The van der Waals surface area contributed by atoms with E-state index < -0.39 is 57.8 Å². The number of rotatable bonds is 8. The molecule has 0 radical (unpaired) electrons. The molecule has 1 aliphatic carbocycles. The van der Waals surface area contributed by atoms with Crippen molar-refractivity contribution in [3.8, 4) is 0 Å². The quantitative estimate of drug-likeness (QED) is 0.168. The smallest absolute Gasteiger partial charge is 0.417 e. The van der Waals surface area contributed by atoms with Gasteiger partial charge < -0.3 is 25.2 Å². The number of halogens is 5. The highest BCUT2D eigenvalue weighted by Gasteiger charge is 2.40. The van der Waals surface area contributed by atoms with Crippen molar-refractivity contribution >= 4 is 35.2 Å². The highest BCUT2D eigenvalue weighted by molar-refractivity contribution is 6.09. The van der Waals surface area contributed by atoms with Gasteiger partial charge >= 0.3 is 12.3 Å². The Morgan fingerprint density at radius 2 is 1.78 bits per heavy atom. The number of aldehydes is 1. The summed E-state index contributed by atoms with van der Waals surface area (Å²) in [5.41, 5.74) is -4.08. The van der Waals surface area contributed by atoms with Crippen molar-refractivity contribution < 1.29 is 41.1 Å². The van der Waals surface area contributed by atoms with Gasteiger partial charge in [-0.3, -0.25) is 14.5 Å². The van der Waals surface area contributed by atoms with Crippen LogP contribution < -0.4 is 15.5 Å². The second-order valence-electron chi connectivity index (χ2n) is 12.3. The largest absolute Gasteiger partial charge is 0.443 e. The molecule has 2 fully saturated rings. The van der Waals surface area contributed by atoms with Crippen molar-refractivity contribution in [3.63, 3.8) is 0 Å². The van der Waals surface area contributed by atoms with Crippen molar-refractivity contribution in [3.05, 3.63) is 52.8 Å². The normalized spacial score (nSPS) is 22.5. The summed E-state index contributed by atoms with van der Waals surface area (Å²) in [4.78, 5) is 42.6. The summed E-state index contributed by atoms with van der Waals surface area (Å²) in [5, 5.41) is 4.63. The van der Waals surface area contributed by atoms with E-state index in [0.717, 1.165) is 18.7 Å². The van der Waals surface area contributed by atoms with Gasteiger partial charge in [0.15, 0.2) is 5.82 Å². The number of alkyl halides is 3. The van der Waals surface area contributed by atoms with Crippen LogP contribution in [-0.2, 0) is 14.3 Å². The molecule has 46 heavy (non-hydrogen) atoms. The molecule has 0 spiro atoms. The fourth-order valence-electron chi connectivity index (χ4n) is 6.00. The number of allylic oxidation sites excluding steroid dienone is 1. The first-order chi connectivity index (χ1) is 21.6. The van der Waals surface area contributed by atoms with Gasteiger partial charge in [-0.1, -0.05) is 6.08 Å². The van der Waals surface area contributed by atoms with Crippen LogP contribution in [0.3, 0.4) is 0 Å². The molecule has 0 bridgehead atoms. The van der Waals surface area contributed by atoms with Gasteiger partial charge in [-0.15, -0.1) is 0 Å². The zero-order valence-electron chi connectivity index (χ0n) is 26.6. The minimum Gasteiger partial charge on any atom is -0.443 e. The number of piperazine rings is 1. The SMILES string of the molecule is CN/C=C(C(=O)Nc1c(N2CC(C)N(C)C(C)C2)cc(F)c(C2=CCCN(C(=O)OC3(C)CCC3)C2)c1F)\C(=C/C=O)C(F)(F)F. The molecule has 1 aromatic carbocycles. The molecule has 2 N–H and O–H groups in total. The van der Waals surface area contributed by atoms with Crippen molar-refractivity contribution in [2.24, 2.45) is 0 Å². The van der Waals surface area contributed by atoms with Gasteiger partial charge in [0, 0.05) is 57.6 Å². The average Bonchev–Trinajstić information content (AvgIpc) is 2.97. The van der Waals surface area contributed by atoms with Gasteiger partial charge in [-0.2, -0.15) is 13.2 Å². The monoisotopic (exact) mass is 653 g/mol. The van der Waals surface area contributed by atoms with E-state index in [4.69, 9.17) is 4.74 Å². The number of benzene rings is 1. The van der Waals surface area contributed by atoms with Crippen LogP contribution in [0.1, 0.15) is 52.0 Å². The van der Waals surface area contributed by atoms with E-state index in [2.05, 4.69) is 15.5 Å². The summed E-state index contributed by atoms with van der Waals surface area (Å²) in [7, 11) is 3.17. The molecule has 2 amide bonds. The van der Waals surface area contributed by atoms with Gasteiger partial charge in [-0.05, 0) is 65.2 Å². The Bertz CT molecular complexity index is 1440. The lowest BCUT2D eigenvalue weighted by Crippen LogP contribution is -2.55. The molecule has 14 heteroatoms. The van der Waals surface area contributed by atoms with E-state index in [0.29, 0.717) is 25.9 Å². The Labute approximate surface area is 265 Å². The first kappa shape index (κ1) is 34.9. The zero-order valence-corrected chi connectivity index (χ0v) is 26.6. The average molecular weight is 654 g/mol. The van der Waals surface area contributed by atoms with Gasteiger partial charge in [0.1, 0.15) is 23.4 Å². The predicted octanol–water partition coefficient (Wildman–Crippen LogP) is 5.39. The topological polar surface area (TPSA) is 94.2 Å². The van der Waals surface area contributed by atoms with Gasteiger partial charge in [0.05, 0.1) is 22.4 Å².